The number of fused-ring (bicyclic) bond motifs is 2. The molecule has 204 valence electrons. The Morgan fingerprint density at radius 1 is 1.19 bits per heavy atom. The maximum atomic E-state index is 13.3. The molecule has 0 radical (unpaired) electrons. The van der Waals surface area contributed by atoms with Gasteiger partial charge >= 0.3 is 5.97 Å². The first-order valence-electron chi connectivity index (χ1n) is 13.2. The van der Waals surface area contributed by atoms with Gasteiger partial charge in [0.05, 0.1) is 29.5 Å². The molecule has 9 nitrogen and oxygen atoms in total. The second kappa shape index (κ2) is 11.2. The number of thiazole rings is 1. The summed E-state index contributed by atoms with van der Waals surface area (Å²) < 4.78 is 31.6. The van der Waals surface area contributed by atoms with Gasteiger partial charge in [-0.3, -0.25) is 9.20 Å². The number of rotatable bonds is 13. The van der Waals surface area contributed by atoms with Crippen molar-refractivity contribution in [3.05, 3.63) is 23.1 Å². The summed E-state index contributed by atoms with van der Waals surface area (Å²) >= 11 is 1.22. The Morgan fingerprint density at radius 3 is 2.46 bits per heavy atom. The van der Waals surface area contributed by atoms with Gasteiger partial charge in [-0.15, -0.1) is 11.3 Å². The zero-order chi connectivity index (χ0) is 26.9. The molecule has 0 saturated carbocycles. The lowest BCUT2D eigenvalue weighted by atomic mass is 9.77. The first-order valence-corrected chi connectivity index (χ1v) is 15.9. The monoisotopic (exact) mass is 551 g/mol. The minimum Gasteiger partial charge on any atom is -0.461 e. The molecule has 11 heteroatoms. The fourth-order valence-electron chi connectivity index (χ4n) is 5.51. The lowest BCUT2D eigenvalue weighted by Crippen LogP contribution is -2.63. The van der Waals surface area contributed by atoms with Gasteiger partial charge in [0.15, 0.2) is 14.9 Å². The van der Waals surface area contributed by atoms with E-state index in [0.29, 0.717) is 15.3 Å². The number of carbonyl (C=O) groups excluding carboxylic acids is 2. The van der Waals surface area contributed by atoms with Crippen LogP contribution in [0.15, 0.2) is 23.2 Å². The molecule has 2 aromatic rings. The summed E-state index contributed by atoms with van der Waals surface area (Å²) in [5, 5.41) is 10.2. The number of ether oxygens (including phenoxy) is 1. The zero-order valence-electron chi connectivity index (χ0n) is 22.0. The highest BCUT2D eigenvalue weighted by Gasteiger charge is 2.60. The van der Waals surface area contributed by atoms with Gasteiger partial charge in [-0.25, -0.2) is 18.2 Å². The molecule has 2 aromatic heterocycles. The molecule has 4 atom stereocenters. The standard InChI is InChI=1S/C26H37N3O6S2/c1-5-6-7-8-9-10-11-12-13-35-26(32)22-19(16(2)21-20(17(3)30)24(31)29(21)22)18-14-28-15-27-23(25(28)36-18)37(4,33)34/h14-17,20-21,30H,5-13H2,1-4H3/t16-,17+,20+,21+/m0/s1. The van der Waals surface area contributed by atoms with E-state index in [0.717, 1.165) is 25.5 Å². The van der Waals surface area contributed by atoms with Gasteiger partial charge in [-0.05, 0) is 13.3 Å². The van der Waals surface area contributed by atoms with Crippen LogP contribution < -0.4 is 0 Å². The van der Waals surface area contributed by atoms with Crippen molar-refractivity contribution in [1.29, 1.82) is 0 Å². The number of unbranched alkanes of at least 4 members (excludes halogenated alkanes) is 7. The lowest BCUT2D eigenvalue weighted by molar-refractivity contribution is -0.164. The minimum atomic E-state index is -3.53. The zero-order valence-corrected chi connectivity index (χ0v) is 23.6. The number of β-lactam (4-membered cyclic amide) rings is 1. The van der Waals surface area contributed by atoms with Crippen LogP contribution in [0, 0.1) is 11.8 Å². The predicted octanol–water partition coefficient (Wildman–Crippen LogP) is 4.05. The second-order valence-corrected chi connectivity index (χ2v) is 13.2. The number of aliphatic hydroxyl groups excluding tert-OH is 1. The first kappa shape index (κ1) is 27.8. The molecule has 1 amide bonds. The van der Waals surface area contributed by atoms with Crippen LogP contribution in [0.25, 0.3) is 10.4 Å². The van der Waals surface area contributed by atoms with E-state index in [1.54, 1.807) is 17.5 Å². The van der Waals surface area contributed by atoms with Crippen molar-refractivity contribution in [3.63, 3.8) is 0 Å². The summed E-state index contributed by atoms with van der Waals surface area (Å²) in [6.07, 6.45) is 12.5. The molecular formula is C26H37N3O6S2. The highest BCUT2D eigenvalue weighted by atomic mass is 32.2. The maximum absolute atomic E-state index is 13.3. The Bertz CT molecular complexity index is 1290. The largest absolute Gasteiger partial charge is 0.461 e. The fraction of sp³-hybridized carbons (Fsp3) is 0.654. The molecule has 4 heterocycles. The van der Waals surface area contributed by atoms with Crippen molar-refractivity contribution >= 4 is 43.5 Å². The third-order valence-electron chi connectivity index (χ3n) is 7.39. The van der Waals surface area contributed by atoms with Gasteiger partial charge in [0, 0.05) is 23.9 Å². The number of esters is 1. The predicted molar refractivity (Wildman–Crippen MR) is 142 cm³/mol. The van der Waals surface area contributed by atoms with Crippen molar-refractivity contribution < 1.29 is 27.9 Å². The number of sulfone groups is 1. The molecule has 0 aromatic carbocycles. The highest BCUT2D eigenvalue weighted by molar-refractivity contribution is 7.91. The molecular weight excluding hydrogens is 514 g/mol. The summed E-state index contributed by atoms with van der Waals surface area (Å²) in [5.41, 5.74) is 0.855. The summed E-state index contributed by atoms with van der Waals surface area (Å²) in [7, 11) is -3.53. The summed E-state index contributed by atoms with van der Waals surface area (Å²) in [6.45, 7) is 5.99. The average molecular weight is 552 g/mol. The molecule has 37 heavy (non-hydrogen) atoms. The molecule has 2 aliphatic heterocycles. The Kier molecular flexibility index (Phi) is 8.45. The van der Waals surface area contributed by atoms with Crippen LogP contribution in [0.3, 0.4) is 0 Å². The molecule has 1 fully saturated rings. The second-order valence-electron chi connectivity index (χ2n) is 10.3. The molecule has 2 aliphatic rings. The number of aromatic nitrogens is 2. The van der Waals surface area contributed by atoms with Crippen molar-refractivity contribution in [3.8, 4) is 0 Å². The number of nitrogens with zero attached hydrogens (tertiary/aromatic N) is 3. The Morgan fingerprint density at radius 2 is 1.84 bits per heavy atom. The van der Waals surface area contributed by atoms with Crippen molar-refractivity contribution in [2.45, 2.75) is 89.3 Å². The van der Waals surface area contributed by atoms with E-state index >= 15 is 0 Å². The van der Waals surface area contributed by atoms with Crippen LogP contribution >= 0.6 is 11.3 Å². The minimum absolute atomic E-state index is 0.0185. The molecule has 0 spiro atoms. The van der Waals surface area contributed by atoms with E-state index in [1.807, 2.05) is 6.92 Å². The van der Waals surface area contributed by atoms with Crippen LogP contribution in [0.4, 0.5) is 0 Å². The van der Waals surface area contributed by atoms with Gasteiger partial charge in [-0.2, -0.15) is 0 Å². The quantitative estimate of drug-likeness (QED) is 0.227. The third kappa shape index (κ3) is 5.35. The van der Waals surface area contributed by atoms with E-state index in [9.17, 15) is 23.1 Å². The number of imidazole rings is 1. The van der Waals surface area contributed by atoms with Crippen molar-refractivity contribution in [2.24, 2.45) is 11.8 Å². The number of hydrogen-bond acceptors (Lipinski definition) is 8. The van der Waals surface area contributed by atoms with E-state index in [2.05, 4.69) is 11.9 Å². The van der Waals surface area contributed by atoms with Crippen LogP contribution in [0.2, 0.25) is 0 Å². The van der Waals surface area contributed by atoms with Gasteiger partial charge in [0.25, 0.3) is 0 Å². The van der Waals surface area contributed by atoms with Crippen LogP contribution in [-0.4, -0.2) is 64.7 Å². The summed E-state index contributed by atoms with van der Waals surface area (Å²) in [5.74, 6) is -1.67. The maximum Gasteiger partial charge on any atom is 0.355 e. The van der Waals surface area contributed by atoms with E-state index in [4.69, 9.17) is 4.74 Å². The van der Waals surface area contributed by atoms with Crippen LogP contribution in [0.1, 0.15) is 77.0 Å². The number of carbonyl (C=O) groups is 2. The third-order valence-corrected chi connectivity index (χ3v) is 9.67. The molecule has 4 rings (SSSR count). The van der Waals surface area contributed by atoms with Gasteiger partial charge in [0.2, 0.25) is 5.91 Å². The van der Waals surface area contributed by atoms with Crippen molar-refractivity contribution in [2.75, 3.05) is 12.9 Å². The van der Waals surface area contributed by atoms with E-state index in [1.165, 1.54) is 54.7 Å². The number of hydrogen-bond donors (Lipinski definition) is 1. The summed E-state index contributed by atoms with van der Waals surface area (Å²) in [4.78, 5) is 32.9. The average Bonchev–Trinajstić information content (AvgIpc) is 3.46. The SMILES string of the molecule is CCCCCCCCCCOC(=O)C1=C(c2cn3cnc(S(C)(=O)=O)c3s2)[C@H](C)[C@@H]2[C@@H]([C@@H](C)O)C(=O)N12. The van der Waals surface area contributed by atoms with Crippen molar-refractivity contribution in [1.82, 2.24) is 14.3 Å². The van der Waals surface area contributed by atoms with Gasteiger partial charge in [-0.1, -0.05) is 58.8 Å². The molecule has 0 unspecified atom stereocenters. The van der Waals surface area contributed by atoms with Gasteiger partial charge in [0.1, 0.15) is 16.9 Å². The molecule has 0 aliphatic carbocycles. The first-order chi connectivity index (χ1) is 17.6. The van der Waals surface area contributed by atoms with E-state index < -0.39 is 27.8 Å². The topological polar surface area (TPSA) is 118 Å². The van der Waals surface area contributed by atoms with Gasteiger partial charge < -0.3 is 14.7 Å². The normalized spacial score (nSPS) is 22.5. The Hall–Kier alpha value is -2.24. The highest BCUT2D eigenvalue weighted by Crippen LogP contribution is 2.51. The van der Waals surface area contributed by atoms with E-state index in [-0.39, 0.29) is 35.2 Å². The van der Waals surface area contributed by atoms with Crippen LogP contribution in [-0.2, 0) is 24.2 Å². The molecule has 0 bridgehead atoms. The fourth-order valence-corrected chi connectivity index (χ4v) is 7.86. The number of amides is 1. The summed E-state index contributed by atoms with van der Waals surface area (Å²) in [6, 6.07) is -0.345. The Labute approximate surface area is 222 Å². The van der Waals surface area contributed by atoms with Crippen LogP contribution in [0.5, 0.6) is 0 Å². The Balaban J connectivity index is 1.54. The smallest absolute Gasteiger partial charge is 0.355 e. The molecule has 1 N–H and O–H groups in total. The number of aliphatic hydroxyl groups is 1. The lowest BCUT2D eigenvalue weighted by Gasteiger charge is -2.46. The molecule has 1 saturated heterocycles.